The lowest BCUT2D eigenvalue weighted by Gasteiger charge is -2.24. The van der Waals surface area contributed by atoms with Gasteiger partial charge in [0.1, 0.15) is 5.60 Å². The largest absolute Gasteiger partial charge is 0.416 e. The minimum Gasteiger partial charge on any atom is -0.384 e. The SMILES string of the molecule is O=S1(=O)CCC(O)(c2cnccc2C(F)(F)F)C1. The summed E-state index contributed by atoms with van der Waals surface area (Å²) in [5.41, 5.74) is -3.52. The molecule has 1 atom stereocenters. The first-order valence-corrected chi connectivity index (χ1v) is 6.91. The number of halogens is 3. The van der Waals surface area contributed by atoms with Crippen molar-refractivity contribution >= 4 is 9.84 Å². The van der Waals surface area contributed by atoms with E-state index < -0.39 is 38.5 Å². The van der Waals surface area contributed by atoms with Gasteiger partial charge < -0.3 is 5.11 Å². The molecular formula is C10H10F3NO3S. The van der Waals surface area contributed by atoms with Gasteiger partial charge in [0.15, 0.2) is 9.84 Å². The third-order valence-electron chi connectivity index (χ3n) is 2.91. The van der Waals surface area contributed by atoms with Crippen molar-refractivity contribution in [3.63, 3.8) is 0 Å². The van der Waals surface area contributed by atoms with Crippen LogP contribution in [0.1, 0.15) is 17.5 Å². The molecule has 1 unspecified atom stereocenters. The Hall–Kier alpha value is -1.15. The molecule has 2 rings (SSSR count). The average Bonchev–Trinajstić information content (AvgIpc) is 2.53. The van der Waals surface area contributed by atoms with E-state index in [1.54, 1.807) is 0 Å². The summed E-state index contributed by atoms with van der Waals surface area (Å²) in [7, 11) is -3.51. The minimum atomic E-state index is -4.65. The first-order valence-electron chi connectivity index (χ1n) is 5.09. The Balaban J connectivity index is 2.53. The number of alkyl halides is 3. The van der Waals surface area contributed by atoms with Gasteiger partial charge in [0.2, 0.25) is 0 Å². The number of sulfone groups is 1. The third kappa shape index (κ3) is 2.35. The van der Waals surface area contributed by atoms with Gasteiger partial charge in [0.25, 0.3) is 0 Å². The molecule has 1 aliphatic rings. The Morgan fingerprint density at radius 1 is 1.39 bits per heavy atom. The van der Waals surface area contributed by atoms with Crippen LogP contribution in [0, 0.1) is 0 Å². The molecule has 1 aromatic rings. The summed E-state index contributed by atoms with van der Waals surface area (Å²) in [5.74, 6) is -1.02. The maximum absolute atomic E-state index is 12.8. The summed E-state index contributed by atoms with van der Waals surface area (Å²) < 4.78 is 61.0. The molecule has 0 bridgehead atoms. The predicted octanol–water partition coefficient (Wildman–Crippen LogP) is 1.11. The van der Waals surface area contributed by atoms with E-state index >= 15 is 0 Å². The second kappa shape index (κ2) is 3.92. The zero-order valence-electron chi connectivity index (χ0n) is 9.11. The molecule has 1 saturated heterocycles. The van der Waals surface area contributed by atoms with Gasteiger partial charge in [-0.15, -0.1) is 0 Å². The van der Waals surface area contributed by atoms with Gasteiger partial charge in [-0.25, -0.2) is 8.42 Å². The molecule has 0 radical (unpaired) electrons. The smallest absolute Gasteiger partial charge is 0.384 e. The zero-order chi connectivity index (χ0) is 13.6. The first kappa shape index (κ1) is 13.3. The first-order chi connectivity index (χ1) is 8.14. The van der Waals surface area contributed by atoms with Crippen LogP contribution in [0.15, 0.2) is 18.5 Å². The third-order valence-corrected chi connectivity index (χ3v) is 4.66. The fraction of sp³-hybridized carbons (Fsp3) is 0.500. The molecule has 1 fully saturated rings. The Bertz CT molecular complexity index is 570. The molecule has 100 valence electrons. The van der Waals surface area contributed by atoms with E-state index in [-0.39, 0.29) is 12.2 Å². The topological polar surface area (TPSA) is 67.3 Å². The summed E-state index contributed by atoms with van der Waals surface area (Å²) in [6.45, 7) is 0. The van der Waals surface area contributed by atoms with Crippen molar-refractivity contribution in [3.05, 3.63) is 29.6 Å². The lowest BCUT2D eigenvalue weighted by atomic mass is 9.91. The molecule has 0 saturated carbocycles. The van der Waals surface area contributed by atoms with Crippen molar-refractivity contribution in [2.45, 2.75) is 18.2 Å². The monoisotopic (exact) mass is 281 g/mol. The number of nitrogens with zero attached hydrogens (tertiary/aromatic N) is 1. The van der Waals surface area contributed by atoms with E-state index in [4.69, 9.17) is 0 Å². The summed E-state index contributed by atoms with van der Waals surface area (Å²) in [4.78, 5) is 3.54. The second-order valence-corrected chi connectivity index (χ2v) is 6.48. The fourth-order valence-corrected chi connectivity index (χ4v) is 3.88. The van der Waals surface area contributed by atoms with Crippen LogP contribution in [0.4, 0.5) is 13.2 Å². The molecule has 8 heteroatoms. The van der Waals surface area contributed by atoms with E-state index in [2.05, 4.69) is 4.98 Å². The molecule has 1 N–H and O–H groups in total. The molecular weight excluding hydrogens is 271 g/mol. The van der Waals surface area contributed by atoms with Crippen molar-refractivity contribution in [2.75, 3.05) is 11.5 Å². The van der Waals surface area contributed by atoms with Crippen LogP contribution in [0.2, 0.25) is 0 Å². The van der Waals surface area contributed by atoms with Crippen LogP contribution in [0.3, 0.4) is 0 Å². The summed E-state index contributed by atoms with van der Waals surface area (Å²) in [6, 6.07) is 0.734. The van der Waals surface area contributed by atoms with E-state index in [0.29, 0.717) is 0 Å². The number of aliphatic hydroxyl groups is 1. The van der Waals surface area contributed by atoms with Crippen LogP contribution in [0.25, 0.3) is 0 Å². The normalized spacial score (nSPS) is 27.3. The van der Waals surface area contributed by atoms with Crippen LogP contribution >= 0.6 is 0 Å². The van der Waals surface area contributed by atoms with Crippen LogP contribution in [-0.4, -0.2) is 30.0 Å². The van der Waals surface area contributed by atoms with Gasteiger partial charge in [0, 0.05) is 18.0 Å². The van der Waals surface area contributed by atoms with E-state index in [9.17, 15) is 26.7 Å². The van der Waals surface area contributed by atoms with Gasteiger partial charge in [-0.3, -0.25) is 4.98 Å². The van der Waals surface area contributed by atoms with E-state index in [1.165, 1.54) is 0 Å². The van der Waals surface area contributed by atoms with Crippen molar-refractivity contribution < 1.29 is 26.7 Å². The maximum Gasteiger partial charge on any atom is 0.416 e. The highest BCUT2D eigenvalue weighted by Gasteiger charge is 2.47. The minimum absolute atomic E-state index is 0.246. The average molecular weight is 281 g/mol. The molecule has 2 heterocycles. The predicted molar refractivity (Wildman–Crippen MR) is 56.4 cm³/mol. The Kier molecular flexibility index (Phi) is 2.90. The van der Waals surface area contributed by atoms with Crippen LogP contribution in [0.5, 0.6) is 0 Å². The lowest BCUT2D eigenvalue weighted by molar-refractivity contribution is -0.140. The highest BCUT2D eigenvalue weighted by atomic mass is 32.2. The fourth-order valence-electron chi connectivity index (χ4n) is 2.06. The zero-order valence-corrected chi connectivity index (χ0v) is 9.92. The lowest BCUT2D eigenvalue weighted by Crippen LogP contribution is -2.30. The van der Waals surface area contributed by atoms with Gasteiger partial charge >= 0.3 is 6.18 Å². The number of hydrogen-bond donors (Lipinski definition) is 1. The van der Waals surface area contributed by atoms with Crippen molar-refractivity contribution in [1.29, 1.82) is 0 Å². The Morgan fingerprint density at radius 3 is 2.56 bits per heavy atom. The molecule has 1 aromatic heterocycles. The van der Waals surface area contributed by atoms with Gasteiger partial charge in [-0.05, 0) is 12.5 Å². The molecule has 1 aliphatic heterocycles. The van der Waals surface area contributed by atoms with Gasteiger partial charge in [-0.2, -0.15) is 13.2 Å². The Morgan fingerprint density at radius 2 is 2.06 bits per heavy atom. The quantitative estimate of drug-likeness (QED) is 0.837. The second-order valence-electron chi connectivity index (χ2n) is 4.29. The molecule has 0 amide bonds. The Labute approximate surface area is 101 Å². The van der Waals surface area contributed by atoms with E-state index in [1.807, 2.05) is 0 Å². The molecule has 0 aliphatic carbocycles. The van der Waals surface area contributed by atoms with Crippen molar-refractivity contribution in [3.8, 4) is 0 Å². The molecule has 0 spiro atoms. The summed E-state index contributed by atoms with van der Waals surface area (Å²) in [6.07, 6.45) is -3.06. The van der Waals surface area contributed by atoms with Crippen LogP contribution in [-0.2, 0) is 21.6 Å². The number of rotatable bonds is 1. The number of aromatic nitrogens is 1. The van der Waals surface area contributed by atoms with Crippen molar-refractivity contribution in [2.24, 2.45) is 0 Å². The van der Waals surface area contributed by atoms with E-state index in [0.717, 1.165) is 18.5 Å². The number of pyridine rings is 1. The highest BCUT2D eigenvalue weighted by molar-refractivity contribution is 7.91. The maximum atomic E-state index is 12.8. The van der Waals surface area contributed by atoms with Gasteiger partial charge in [-0.1, -0.05) is 0 Å². The summed E-state index contributed by atoms with van der Waals surface area (Å²) in [5, 5.41) is 10.1. The molecule has 18 heavy (non-hydrogen) atoms. The molecule has 4 nitrogen and oxygen atoms in total. The van der Waals surface area contributed by atoms with Gasteiger partial charge in [0.05, 0.1) is 17.1 Å². The standard InChI is InChI=1S/C10H10F3NO3S/c11-10(12,13)7-1-3-14-5-8(7)9(15)2-4-18(16,17)6-9/h1,3,5,15H,2,4,6H2. The number of hydrogen-bond acceptors (Lipinski definition) is 4. The van der Waals surface area contributed by atoms with Crippen LogP contribution < -0.4 is 0 Å². The highest BCUT2D eigenvalue weighted by Crippen LogP contribution is 2.40. The van der Waals surface area contributed by atoms with Crippen molar-refractivity contribution in [1.82, 2.24) is 4.98 Å². The summed E-state index contributed by atoms with van der Waals surface area (Å²) >= 11 is 0. The molecule has 0 aromatic carbocycles.